The van der Waals surface area contributed by atoms with Crippen LogP contribution < -0.4 is 4.90 Å². The normalized spacial score (nSPS) is 14.4. The Hall–Kier alpha value is -2.58. The number of nitrogens with zero attached hydrogens (tertiary/aromatic N) is 4. The summed E-state index contributed by atoms with van der Waals surface area (Å²) in [5.74, 6) is 1.19. The second kappa shape index (κ2) is 8.41. The van der Waals surface area contributed by atoms with E-state index in [1.54, 1.807) is 12.3 Å². The third kappa shape index (κ3) is 4.23. The van der Waals surface area contributed by atoms with Gasteiger partial charge in [-0.3, -0.25) is 9.36 Å². The summed E-state index contributed by atoms with van der Waals surface area (Å²) < 4.78 is 7.54. The quantitative estimate of drug-likeness (QED) is 0.499. The lowest BCUT2D eigenvalue weighted by Crippen LogP contribution is -2.38. The lowest BCUT2D eigenvalue weighted by Gasteiger charge is -2.28. The van der Waals surface area contributed by atoms with Gasteiger partial charge in [0.15, 0.2) is 10.9 Å². The van der Waals surface area contributed by atoms with Crippen molar-refractivity contribution in [2.75, 3.05) is 37.0 Å². The molecule has 7 nitrogen and oxygen atoms in total. The maximum atomic E-state index is 12.3. The second-order valence-corrected chi connectivity index (χ2v) is 7.19. The van der Waals surface area contributed by atoms with Crippen molar-refractivity contribution >= 4 is 23.5 Å². The zero-order valence-electron chi connectivity index (χ0n) is 14.9. The molecule has 0 saturated carbocycles. The fraction of sp³-hybridized carbons (Fsp3) is 0.316. The average molecular weight is 383 g/mol. The van der Waals surface area contributed by atoms with Crippen molar-refractivity contribution in [3.05, 3.63) is 59.9 Å². The monoisotopic (exact) mass is 383 g/mol. The molecule has 0 radical (unpaired) electrons. The van der Waals surface area contributed by atoms with Gasteiger partial charge in [-0.2, -0.15) is 0 Å². The van der Waals surface area contributed by atoms with E-state index in [-0.39, 0.29) is 5.78 Å². The van der Waals surface area contributed by atoms with Gasteiger partial charge in [0, 0.05) is 19.3 Å². The molecule has 0 spiro atoms. The number of ether oxygens (including phenoxy) is 1. The van der Waals surface area contributed by atoms with Gasteiger partial charge in [-0.15, -0.1) is 10.2 Å². The Morgan fingerprint density at radius 3 is 2.67 bits per heavy atom. The molecule has 0 amide bonds. The molecule has 1 fully saturated rings. The number of Topliss-reactive ketones (excluding diaryl/α,β-unsaturated/α-hetero) is 1. The van der Waals surface area contributed by atoms with Crippen LogP contribution >= 0.6 is 11.8 Å². The average Bonchev–Trinajstić information content (AvgIpc) is 3.38. The molecule has 0 aliphatic carbocycles. The predicted octanol–water partition coefficient (Wildman–Crippen LogP) is 2.47. The molecule has 1 saturated heterocycles. The summed E-state index contributed by atoms with van der Waals surface area (Å²) in [6.07, 6.45) is 1.76. The van der Waals surface area contributed by atoms with Crippen molar-refractivity contribution in [2.24, 2.45) is 0 Å². The van der Waals surface area contributed by atoms with Crippen LogP contribution in [0.3, 0.4) is 0 Å². The zero-order valence-corrected chi connectivity index (χ0v) is 15.7. The van der Waals surface area contributed by atoms with Gasteiger partial charge in [-0.1, -0.05) is 42.1 Å². The summed E-state index contributed by atoms with van der Waals surface area (Å²) in [6, 6.07) is 13.8. The van der Waals surface area contributed by atoms with E-state index in [0.29, 0.717) is 31.2 Å². The van der Waals surface area contributed by atoms with E-state index in [1.807, 2.05) is 24.3 Å². The molecule has 2 aromatic heterocycles. The van der Waals surface area contributed by atoms with Crippen molar-refractivity contribution in [3.8, 4) is 0 Å². The van der Waals surface area contributed by atoms with Crippen LogP contribution in [-0.4, -0.2) is 57.6 Å². The minimum atomic E-state index is 0.0483. The number of nitrogens with one attached hydrogen (secondary N) is 1. The van der Waals surface area contributed by atoms with Crippen molar-refractivity contribution in [1.82, 2.24) is 19.7 Å². The van der Waals surface area contributed by atoms with Crippen LogP contribution in [0.25, 0.3) is 0 Å². The first-order chi connectivity index (χ1) is 13.3. The summed E-state index contributed by atoms with van der Waals surface area (Å²) >= 11 is 1.42. The minimum absolute atomic E-state index is 0.0483. The highest BCUT2D eigenvalue weighted by molar-refractivity contribution is 7.99. The standard InChI is InChI=1S/C19H21N5O2S/c25-17(16-7-4-8-20-16)14-27-19-22-21-18(23-9-11-26-12-10-23)24(19)13-15-5-2-1-3-6-15/h1-8,20H,9-14H2. The number of morpholine rings is 1. The fourth-order valence-electron chi connectivity index (χ4n) is 3.00. The van der Waals surface area contributed by atoms with E-state index in [9.17, 15) is 4.79 Å². The molecule has 1 aliphatic rings. The smallest absolute Gasteiger partial charge is 0.228 e. The Kier molecular flexibility index (Phi) is 5.55. The Bertz CT molecular complexity index is 873. The fourth-order valence-corrected chi connectivity index (χ4v) is 3.82. The van der Waals surface area contributed by atoms with Gasteiger partial charge in [0.05, 0.1) is 31.2 Å². The molecule has 140 valence electrons. The van der Waals surface area contributed by atoms with Crippen LogP contribution in [0.5, 0.6) is 0 Å². The number of hydrogen-bond donors (Lipinski definition) is 1. The Balaban J connectivity index is 1.56. The van der Waals surface area contributed by atoms with Crippen LogP contribution in [-0.2, 0) is 11.3 Å². The molecule has 4 rings (SSSR count). The Morgan fingerprint density at radius 1 is 1.11 bits per heavy atom. The number of aromatic nitrogens is 4. The van der Waals surface area contributed by atoms with Gasteiger partial charge in [0.25, 0.3) is 0 Å². The van der Waals surface area contributed by atoms with Gasteiger partial charge in [0.1, 0.15) is 0 Å². The highest BCUT2D eigenvalue weighted by Crippen LogP contribution is 2.24. The number of hydrogen-bond acceptors (Lipinski definition) is 6. The number of thioether (sulfide) groups is 1. The number of aromatic amines is 1. The summed E-state index contributed by atoms with van der Waals surface area (Å²) in [5.41, 5.74) is 1.79. The van der Waals surface area contributed by atoms with Gasteiger partial charge in [-0.25, -0.2) is 0 Å². The molecular formula is C19H21N5O2S. The molecule has 3 heterocycles. The molecule has 8 heteroatoms. The van der Waals surface area contributed by atoms with Crippen LogP contribution in [0.2, 0.25) is 0 Å². The molecule has 0 unspecified atom stereocenters. The summed E-state index contributed by atoms with van der Waals surface area (Å²) in [4.78, 5) is 17.5. The van der Waals surface area contributed by atoms with Gasteiger partial charge >= 0.3 is 0 Å². The van der Waals surface area contributed by atoms with E-state index in [2.05, 4.69) is 36.8 Å². The number of benzene rings is 1. The molecule has 1 aromatic carbocycles. The maximum Gasteiger partial charge on any atom is 0.228 e. The summed E-state index contributed by atoms with van der Waals surface area (Å²) in [7, 11) is 0. The number of H-pyrrole nitrogens is 1. The first-order valence-electron chi connectivity index (χ1n) is 8.90. The van der Waals surface area contributed by atoms with E-state index in [4.69, 9.17) is 4.74 Å². The zero-order chi connectivity index (χ0) is 18.5. The van der Waals surface area contributed by atoms with Crippen LogP contribution in [0.1, 0.15) is 16.1 Å². The first kappa shape index (κ1) is 17.8. The highest BCUT2D eigenvalue weighted by atomic mass is 32.2. The molecule has 1 N–H and O–H groups in total. The second-order valence-electron chi connectivity index (χ2n) is 6.25. The van der Waals surface area contributed by atoms with Crippen molar-refractivity contribution in [3.63, 3.8) is 0 Å². The van der Waals surface area contributed by atoms with Gasteiger partial charge < -0.3 is 14.6 Å². The third-order valence-electron chi connectivity index (χ3n) is 4.41. The largest absolute Gasteiger partial charge is 0.378 e. The van der Waals surface area contributed by atoms with Crippen LogP contribution in [0, 0.1) is 0 Å². The SMILES string of the molecule is O=C(CSc1nnc(N2CCOCC2)n1Cc1ccccc1)c1ccc[nH]1. The van der Waals surface area contributed by atoms with Gasteiger partial charge in [0.2, 0.25) is 5.95 Å². The number of carbonyl (C=O) groups excluding carboxylic acids is 1. The van der Waals surface area contributed by atoms with Crippen LogP contribution in [0.15, 0.2) is 53.8 Å². The minimum Gasteiger partial charge on any atom is -0.378 e. The van der Waals surface area contributed by atoms with Crippen molar-refractivity contribution < 1.29 is 9.53 Å². The van der Waals surface area contributed by atoms with E-state index >= 15 is 0 Å². The third-order valence-corrected chi connectivity index (χ3v) is 5.37. The predicted molar refractivity (Wildman–Crippen MR) is 104 cm³/mol. The molecule has 1 aliphatic heterocycles. The highest BCUT2D eigenvalue weighted by Gasteiger charge is 2.21. The van der Waals surface area contributed by atoms with Crippen LogP contribution in [0.4, 0.5) is 5.95 Å². The number of carbonyl (C=O) groups is 1. The topological polar surface area (TPSA) is 76.0 Å². The summed E-state index contributed by atoms with van der Waals surface area (Å²) in [5, 5.41) is 9.54. The molecule has 27 heavy (non-hydrogen) atoms. The van der Waals surface area contributed by atoms with E-state index in [1.165, 1.54) is 17.3 Å². The van der Waals surface area contributed by atoms with E-state index in [0.717, 1.165) is 24.2 Å². The molecule has 0 bridgehead atoms. The number of ketones is 1. The summed E-state index contributed by atoms with van der Waals surface area (Å²) in [6.45, 7) is 3.62. The first-order valence-corrected chi connectivity index (χ1v) is 9.89. The lowest BCUT2D eigenvalue weighted by atomic mass is 10.2. The van der Waals surface area contributed by atoms with E-state index < -0.39 is 0 Å². The van der Waals surface area contributed by atoms with Crippen molar-refractivity contribution in [2.45, 2.75) is 11.7 Å². The Labute approximate surface area is 161 Å². The van der Waals surface area contributed by atoms with Gasteiger partial charge in [-0.05, 0) is 17.7 Å². The number of rotatable bonds is 7. The maximum absolute atomic E-state index is 12.3. The molecular weight excluding hydrogens is 362 g/mol. The lowest BCUT2D eigenvalue weighted by molar-refractivity contribution is 0.101. The molecule has 0 atom stereocenters. The number of anilines is 1. The van der Waals surface area contributed by atoms with Crippen molar-refractivity contribution in [1.29, 1.82) is 0 Å². The molecule has 3 aromatic rings. The Morgan fingerprint density at radius 2 is 1.93 bits per heavy atom.